The van der Waals surface area contributed by atoms with Crippen molar-refractivity contribution in [3.8, 4) is 0 Å². The number of thiocarbonyl (C=S) groups is 1. The average Bonchev–Trinajstić information content (AvgIpc) is 2.56. The standard InChI is InChI=1S/C20H41NS3/c22-19-17-15-13-11-9-7-5-3-1-2-4-6-8-10-12-14-16-18-21-20(23)24/h22H,1-19H2,(H2,21,23,24). The van der Waals surface area contributed by atoms with Crippen molar-refractivity contribution < 1.29 is 0 Å². The van der Waals surface area contributed by atoms with Crippen molar-refractivity contribution in [2.45, 2.75) is 109 Å². The van der Waals surface area contributed by atoms with Gasteiger partial charge in [-0.15, -0.1) is 12.6 Å². The Balaban J connectivity index is 2.97. The molecule has 0 fully saturated rings. The summed E-state index contributed by atoms with van der Waals surface area (Å²) >= 11 is 13.2. The number of rotatable bonds is 19. The van der Waals surface area contributed by atoms with Gasteiger partial charge in [-0.25, -0.2) is 0 Å². The molecule has 0 aliphatic heterocycles. The van der Waals surface area contributed by atoms with Crippen LogP contribution in [0.2, 0.25) is 0 Å². The molecule has 0 rings (SSSR count). The van der Waals surface area contributed by atoms with Crippen molar-refractivity contribution in [2.75, 3.05) is 12.3 Å². The predicted molar refractivity (Wildman–Crippen MR) is 122 cm³/mol. The van der Waals surface area contributed by atoms with E-state index in [9.17, 15) is 0 Å². The predicted octanol–water partition coefficient (Wildman–Crippen LogP) is 7.35. The Morgan fingerprint density at radius 1 is 0.542 bits per heavy atom. The van der Waals surface area contributed by atoms with Crippen molar-refractivity contribution in [3.63, 3.8) is 0 Å². The maximum Gasteiger partial charge on any atom is 0.130 e. The second kappa shape index (κ2) is 21.6. The molecular weight excluding hydrogens is 350 g/mol. The van der Waals surface area contributed by atoms with Crippen LogP contribution in [0.1, 0.15) is 109 Å². The fraction of sp³-hybridized carbons (Fsp3) is 0.950. The number of nitrogens with one attached hydrogen (secondary N) is 1. The molecule has 4 heteroatoms. The molecule has 0 heterocycles. The van der Waals surface area contributed by atoms with E-state index in [4.69, 9.17) is 12.2 Å². The number of hydrogen-bond acceptors (Lipinski definition) is 2. The van der Waals surface area contributed by atoms with E-state index in [0.717, 1.165) is 12.3 Å². The zero-order valence-corrected chi connectivity index (χ0v) is 18.3. The Morgan fingerprint density at radius 2 is 0.833 bits per heavy atom. The lowest BCUT2D eigenvalue weighted by molar-refractivity contribution is 0.527. The molecule has 1 nitrogen and oxygen atoms in total. The highest BCUT2D eigenvalue weighted by Crippen LogP contribution is 2.14. The summed E-state index contributed by atoms with van der Waals surface area (Å²) in [5.74, 6) is 1.06. The first-order valence-corrected chi connectivity index (χ1v) is 11.8. The highest BCUT2D eigenvalue weighted by atomic mass is 32.1. The van der Waals surface area contributed by atoms with Crippen molar-refractivity contribution in [2.24, 2.45) is 0 Å². The van der Waals surface area contributed by atoms with Gasteiger partial charge in [0, 0.05) is 6.54 Å². The van der Waals surface area contributed by atoms with Gasteiger partial charge >= 0.3 is 0 Å². The third-order valence-electron chi connectivity index (χ3n) is 4.61. The van der Waals surface area contributed by atoms with Crippen LogP contribution < -0.4 is 5.32 Å². The third kappa shape index (κ3) is 22.6. The van der Waals surface area contributed by atoms with Gasteiger partial charge in [-0.05, 0) is 18.6 Å². The van der Waals surface area contributed by atoms with Gasteiger partial charge < -0.3 is 5.32 Å². The van der Waals surface area contributed by atoms with Crippen molar-refractivity contribution >= 4 is 41.8 Å². The molecule has 0 amide bonds. The summed E-state index contributed by atoms with van der Waals surface area (Å²) in [5.41, 5.74) is 0. The number of thiol groups is 2. The zero-order chi connectivity index (χ0) is 17.7. The van der Waals surface area contributed by atoms with Crippen molar-refractivity contribution in [1.82, 2.24) is 5.32 Å². The van der Waals surface area contributed by atoms with Crippen LogP contribution >= 0.6 is 37.5 Å². The monoisotopic (exact) mass is 391 g/mol. The molecule has 0 aromatic rings. The van der Waals surface area contributed by atoms with Crippen molar-refractivity contribution in [3.05, 3.63) is 0 Å². The van der Waals surface area contributed by atoms with Gasteiger partial charge in [0.25, 0.3) is 0 Å². The van der Waals surface area contributed by atoms with Gasteiger partial charge in [-0.2, -0.15) is 12.6 Å². The minimum absolute atomic E-state index is 0.624. The molecule has 0 saturated carbocycles. The Kier molecular flexibility index (Phi) is 22.2. The molecule has 0 radical (unpaired) electrons. The van der Waals surface area contributed by atoms with Crippen LogP contribution in [0.5, 0.6) is 0 Å². The van der Waals surface area contributed by atoms with Crippen LogP contribution in [0.4, 0.5) is 0 Å². The first-order chi connectivity index (χ1) is 11.8. The van der Waals surface area contributed by atoms with E-state index in [1.807, 2.05) is 0 Å². The molecule has 0 aromatic heterocycles. The average molecular weight is 392 g/mol. The lowest BCUT2D eigenvalue weighted by Gasteiger charge is -2.04. The normalized spacial score (nSPS) is 10.9. The van der Waals surface area contributed by atoms with Crippen LogP contribution in [0.3, 0.4) is 0 Å². The molecule has 0 unspecified atom stereocenters. The van der Waals surface area contributed by atoms with E-state index in [1.54, 1.807) is 0 Å². The largest absolute Gasteiger partial charge is 0.371 e. The molecular formula is C20H41NS3. The summed E-state index contributed by atoms with van der Waals surface area (Å²) in [5, 5.41) is 3.09. The molecule has 0 spiro atoms. The van der Waals surface area contributed by atoms with Gasteiger partial charge in [0.2, 0.25) is 0 Å². The van der Waals surface area contributed by atoms with Crippen LogP contribution in [-0.2, 0) is 0 Å². The molecule has 0 atom stereocenters. The highest BCUT2D eigenvalue weighted by Gasteiger charge is 1.95. The van der Waals surface area contributed by atoms with Gasteiger partial charge in [-0.1, -0.05) is 109 Å². The summed E-state index contributed by atoms with van der Waals surface area (Å²) < 4.78 is 0.624. The molecule has 0 aliphatic carbocycles. The first kappa shape index (κ1) is 24.6. The smallest absolute Gasteiger partial charge is 0.130 e. The molecule has 0 aromatic carbocycles. The second-order valence-electron chi connectivity index (χ2n) is 6.97. The van der Waals surface area contributed by atoms with E-state index in [1.165, 1.54) is 109 Å². The van der Waals surface area contributed by atoms with E-state index in [0.29, 0.717) is 4.32 Å². The fourth-order valence-electron chi connectivity index (χ4n) is 3.08. The SMILES string of the molecule is S=C(S)NCCCCCCCCCCCCCCCCCCCS. The van der Waals surface area contributed by atoms with Crippen LogP contribution in [0.25, 0.3) is 0 Å². The maximum atomic E-state index is 4.87. The van der Waals surface area contributed by atoms with E-state index < -0.39 is 0 Å². The van der Waals surface area contributed by atoms with E-state index in [-0.39, 0.29) is 0 Å². The van der Waals surface area contributed by atoms with Gasteiger partial charge in [0.15, 0.2) is 0 Å². The van der Waals surface area contributed by atoms with Crippen LogP contribution in [0.15, 0.2) is 0 Å². The number of unbranched alkanes of at least 4 members (excludes halogenated alkanes) is 16. The molecule has 0 aliphatic rings. The third-order valence-corrected chi connectivity index (χ3v) is 5.23. The molecule has 1 N–H and O–H groups in total. The Morgan fingerprint density at radius 3 is 1.12 bits per heavy atom. The highest BCUT2D eigenvalue weighted by molar-refractivity contribution is 8.11. The van der Waals surface area contributed by atoms with Crippen LogP contribution in [-0.4, -0.2) is 16.6 Å². The Bertz CT molecular complexity index is 259. The summed E-state index contributed by atoms with van der Waals surface area (Å²) in [6.45, 7) is 0.984. The summed E-state index contributed by atoms with van der Waals surface area (Å²) in [6, 6.07) is 0. The van der Waals surface area contributed by atoms with Crippen molar-refractivity contribution in [1.29, 1.82) is 0 Å². The van der Waals surface area contributed by atoms with E-state index >= 15 is 0 Å². The van der Waals surface area contributed by atoms with E-state index in [2.05, 4.69) is 30.6 Å². The summed E-state index contributed by atoms with van der Waals surface area (Å²) in [6.07, 6.45) is 23.8. The quantitative estimate of drug-likeness (QED) is 0.121. The molecule has 144 valence electrons. The fourth-order valence-corrected chi connectivity index (χ4v) is 3.52. The van der Waals surface area contributed by atoms with Gasteiger partial charge in [0.1, 0.15) is 4.32 Å². The Labute approximate surface area is 168 Å². The maximum absolute atomic E-state index is 4.87. The topological polar surface area (TPSA) is 12.0 Å². The Hall–Kier alpha value is 0.590. The first-order valence-electron chi connectivity index (χ1n) is 10.3. The summed E-state index contributed by atoms with van der Waals surface area (Å²) in [4.78, 5) is 0. The molecule has 0 bridgehead atoms. The van der Waals surface area contributed by atoms with Gasteiger partial charge in [-0.3, -0.25) is 0 Å². The lowest BCUT2D eigenvalue weighted by atomic mass is 10.0. The minimum Gasteiger partial charge on any atom is -0.371 e. The second-order valence-corrected chi connectivity index (χ2v) is 8.57. The minimum atomic E-state index is 0.624. The zero-order valence-electron chi connectivity index (χ0n) is 15.7. The van der Waals surface area contributed by atoms with Gasteiger partial charge in [0.05, 0.1) is 0 Å². The number of hydrogen-bond donors (Lipinski definition) is 3. The molecule has 24 heavy (non-hydrogen) atoms. The molecule has 0 saturated heterocycles. The summed E-state index contributed by atoms with van der Waals surface area (Å²) in [7, 11) is 0. The van der Waals surface area contributed by atoms with Crippen LogP contribution in [0, 0.1) is 0 Å². The lowest BCUT2D eigenvalue weighted by Crippen LogP contribution is -2.17.